The van der Waals surface area contributed by atoms with Crippen LogP contribution in [-0.2, 0) is 11.0 Å². The highest BCUT2D eigenvalue weighted by Crippen LogP contribution is 2.41. The maximum absolute atomic E-state index is 13.2. The molecule has 0 unspecified atom stereocenters. The zero-order chi connectivity index (χ0) is 32.4. The van der Waals surface area contributed by atoms with E-state index >= 15 is 0 Å². The standard InChI is InChI=1S/C33H43ClN9O2P/c1-6-22-17-27(30(45-3)20-29(22)43-11-7-23(8-12-43)42-15-13-41(2)14-16-42)39-33-37-21-24(34)32(40-33)38-28-18-25-26(36-10-9-35-25)19-31(28)46(4,5)44/h9-10,17-21,23H,6-8,11-16H2,1-5H3,(H2,37,38,39,40). The predicted octanol–water partition coefficient (Wildman–Crippen LogP) is 5.60. The first-order valence-electron chi connectivity index (χ1n) is 15.9. The highest BCUT2D eigenvalue weighted by molar-refractivity contribution is 7.70. The summed E-state index contributed by atoms with van der Waals surface area (Å²) in [6.45, 7) is 12.3. The van der Waals surface area contributed by atoms with Crippen LogP contribution in [0.15, 0.2) is 42.9 Å². The van der Waals surface area contributed by atoms with Crippen molar-refractivity contribution in [2.75, 3.05) is 82.3 Å². The number of benzene rings is 2. The number of piperidine rings is 1. The van der Waals surface area contributed by atoms with Crippen molar-refractivity contribution in [1.29, 1.82) is 0 Å². The summed E-state index contributed by atoms with van der Waals surface area (Å²) in [5, 5.41) is 7.62. The van der Waals surface area contributed by atoms with E-state index in [1.165, 1.54) is 24.1 Å². The molecule has 2 aromatic carbocycles. The number of hydrogen-bond acceptors (Lipinski definition) is 11. The molecule has 2 fully saturated rings. The molecular weight excluding hydrogens is 621 g/mol. The second kappa shape index (κ2) is 13.7. The zero-order valence-electron chi connectivity index (χ0n) is 27.3. The zero-order valence-corrected chi connectivity index (χ0v) is 28.9. The fourth-order valence-corrected chi connectivity index (χ4v) is 7.70. The molecule has 4 heterocycles. The Labute approximate surface area is 276 Å². The van der Waals surface area contributed by atoms with Crippen LogP contribution >= 0.6 is 18.7 Å². The summed E-state index contributed by atoms with van der Waals surface area (Å²) in [5.74, 6) is 1.45. The first kappa shape index (κ1) is 32.4. The number of aryl methyl sites for hydroxylation is 1. The molecule has 0 amide bonds. The molecule has 0 spiro atoms. The van der Waals surface area contributed by atoms with Gasteiger partial charge < -0.3 is 29.7 Å². The SMILES string of the molecule is CCc1cc(Nc2ncc(Cl)c(Nc3cc4nccnc4cc3P(C)(C)=O)n2)c(OC)cc1N1CCC(N2CCN(C)CC2)CC1. The minimum absolute atomic E-state index is 0.328. The van der Waals surface area contributed by atoms with E-state index in [1.807, 2.05) is 12.1 Å². The summed E-state index contributed by atoms with van der Waals surface area (Å²) < 4.78 is 19.1. The van der Waals surface area contributed by atoms with Crippen molar-refractivity contribution in [2.45, 2.75) is 32.2 Å². The maximum atomic E-state index is 13.2. The molecule has 6 rings (SSSR count). The van der Waals surface area contributed by atoms with Gasteiger partial charge in [-0.25, -0.2) is 4.98 Å². The van der Waals surface area contributed by atoms with E-state index in [0.717, 1.165) is 57.1 Å². The normalized spacial score (nSPS) is 17.0. The average molecular weight is 664 g/mol. The first-order chi connectivity index (χ1) is 22.1. The number of nitrogens with one attached hydrogen (secondary N) is 2. The van der Waals surface area contributed by atoms with Crippen molar-refractivity contribution < 1.29 is 9.30 Å². The Morgan fingerprint density at radius 2 is 1.63 bits per heavy atom. The van der Waals surface area contributed by atoms with Crippen molar-refractivity contribution in [2.24, 2.45) is 0 Å². The molecule has 0 bridgehead atoms. The minimum Gasteiger partial charge on any atom is -0.494 e. The lowest BCUT2D eigenvalue weighted by Gasteiger charge is -2.43. The van der Waals surface area contributed by atoms with Gasteiger partial charge in [-0.3, -0.25) is 14.9 Å². The first-order valence-corrected chi connectivity index (χ1v) is 18.9. The molecule has 0 atom stereocenters. The summed E-state index contributed by atoms with van der Waals surface area (Å²) in [5.41, 5.74) is 5.18. The van der Waals surface area contributed by atoms with Gasteiger partial charge in [0.1, 0.15) is 17.9 Å². The van der Waals surface area contributed by atoms with Gasteiger partial charge in [-0.2, -0.15) is 4.98 Å². The molecule has 46 heavy (non-hydrogen) atoms. The predicted molar refractivity (Wildman–Crippen MR) is 189 cm³/mol. The molecule has 2 aliphatic rings. The summed E-state index contributed by atoms with van der Waals surface area (Å²) in [6.07, 6.45) is 8.01. The van der Waals surface area contributed by atoms with Gasteiger partial charge >= 0.3 is 0 Å². The third kappa shape index (κ3) is 7.08. The van der Waals surface area contributed by atoms with Crippen LogP contribution < -0.4 is 25.6 Å². The van der Waals surface area contributed by atoms with Gasteiger partial charge in [0.15, 0.2) is 5.82 Å². The Morgan fingerprint density at radius 3 is 2.28 bits per heavy atom. The monoisotopic (exact) mass is 663 g/mol. The summed E-state index contributed by atoms with van der Waals surface area (Å²) in [6, 6.07) is 8.56. The largest absolute Gasteiger partial charge is 0.494 e. The van der Waals surface area contributed by atoms with Crippen LogP contribution in [0, 0.1) is 0 Å². The lowest BCUT2D eigenvalue weighted by molar-refractivity contribution is 0.0982. The van der Waals surface area contributed by atoms with Crippen LogP contribution in [0.4, 0.5) is 28.8 Å². The van der Waals surface area contributed by atoms with E-state index in [9.17, 15) is 4.57 Å². The van der Waals surface area contributed by atoms with Crippen LogP contribution in [0.25, 0.3) is 11.0 Å². The highest BCUT2D eigenvalue weighted by Gasteiger charge is 2.28. The van der Waals surface area contributed by atoms with Gasteiger partial charge in [-0.15, -0.1) is 0 Å². The van der Waals surface area contributed by atoms with Crippen LogP contribution in [0.2, 0.25) is 5.02 Å². The maximum Gasteiger partial charge on any atom is 0.229 e. The molecule has 2 N–H and O–H groups in total. The van der Waals surface area contributed by atoms with Crippen molar-refractivity contribution in [1.82, 2.24) is 29.7 Å². The van der Waals surface area contributed by atoms with Gasteiger partial charge in [0, 0.05) is 74.8 Å². The number of piperazine rings is 1. The van der Waals surface area contributed by atoms with E-state index in [2.05, 4.69) is 66.4 Å². The van der Waals surface area contributed by atoms with E-state index in [0.29, 0.717) is 44.9 Å². The summed E-state index contributed by atoms with van der Waals surface area (Å²) >= 11 is 6.57. The molecule has 4 aromatic rings. The van der Waals surface area contributed by atoms with Crippen LogP contribution in [-0.4, -0.2) is 103 Å². The third-order valence-corrected chi connectivity index (χ3v) is 10.9. The van der Waals surface area contributed by atoms with E-state index in [-0.39, 0.29) is 0 Å². The Balaban J connectivity index is 1.22. The van der Waals surface area contributed by atoms with E-state index in [1.54, 1.807) is 39.0 Å². The second-order valence-electron chi connectivity index (χ2n) is 12.5. The molecule has 2 aliphatic heterocycles. The second-order valence-corrected chi connectivity index (χ2v) is 16.1. The number of hydrogen-bond donors (Lipinski definition) is 2. The number of nitrogens with zero attached hydrogens (tertiary/aromatic N) is 7. The molecule has 244 valence electrons. The molecule has 2 saturated heterocycles. The van der Waals surface area contributed by atoms with Gasteiger partial charge in [0.25, 0.3) is 0 Å². The van der Waals surface area contributed by atoms with Crippen molar-refractivity contribution in [3.8, 4) is 5.75 Å². The average Bonchev–Trinajstić information content (AvgIpc) is 3.05. The molecule has 0 saturated carbocycles. The number of likely N-dealkylation sites (N-methyl/N-ethyl adjacent to an activating group) is 1. The lowest BCUT2D eigenvalue weighted by Crippen LogP contribution is -2.52. The van der Waals surface area contributed by atoms with E-state index in [4.69, 9.17) is 21.3 Å². The fourth-order valence-electron chi connectivity index (χ4n) is 6.43. The number of methoxy groups -OCH3 is 1. The topological polar surface area (TPSA) is 112 Å². The number of fused-ring (bicyclic) bond motifs is 1. The minimum atomic E-state index is -2.69. The number of aromatic nitrogens is 4. The Morgan fingerprint density at radius 1 is 0.935 bits per heavy atom. The van der Waals surface area contributed by atoms with Gasteiger partial charge in [-0.05, 0) is 63.4 Å². The van der Waals surface area contributed by atoms with Crippen molar-refractivity contribution in [3.05, 3.63) is 53.4 Å². The van der Waals surface area contributed by atoms with Crippen LogP contribution in [0.3, 0.4) is 0 Å². The fraction of sp³-hybridized carbons (Fsp3) is 0.455. The van der Waals surface area contributed by atoms with Crippen molar-refractivity contribution >= 4 is 63.9 Å². The molecular formula is C33H43ClN9O2P. The smallest absolute Gasteiger partial charge is 0.229 e. The molecule has 11 nitrogen and oxygen atoms in total. The van der Waals surface area contributed by atoms with Gasteiger partial charge in [0.05, 0.1) is 35.7 Å². The summed E-state index contributed by atoms with van der Waals surface area (Å²) in [4.78, 5) is 25.6. The molecule has 0 radical (unpaired) electrons. The van der Waals surface area contributed by atoms with E-state index < -0.39 is 7.14 Å². The molecule has 2 aromatic heterocycles. The Hall–Kier alpha value is -3.50. The van der Waals surface area contributed by atoms with Crippen molar-refractivity contribution in [3.63, 3.8) is 0 Å². The molecule has 13 heteroatoms. The third-order valence-electron chi connectivity index (χ3n) is 9.05. The van der Waals surface area contributed by atoms with Gasteiger partial charge in [0.2, 0.25) is 5.95 Å². The highest BCUT2D eigenvalue weighted by atomic mass is 35.5. The van der Waals surface area contributed by atoms with Crippen LogP contribution in [0.5, 0.6) is 5.75 Å². The molecule has 0 aliphatic carbocycles. The number of rotatable bonds is 9. The Bertz CT molecular complexity index is 1750. The van der Waals surface area contributed by atoms with Gasteiger partial charge in [-0.1, -0.05) is 18.5 Å². The van der Waals surface area contributed by atoms with Crippen LogP contribution in [0.1, 0.15) is 25.3 Å². The summed E-state index contributed by atoms with van der Waals surface area (Å²) in [7, 11) is 1.21. The lowest BCUT2D eigenvalue weighted by atomic mass is 9.99. The number of halogens is 1. The number of ether oxygens (including phenoxy) is 1. The number of anilines is 5. The Kier molecular flexibility index (Phi) is 9.66. The quantitative estimate of drug-likeness (QED) is 0.219.